The molecule has 0 saturated carbocycles. The van der Waals surface area contributed by atoms with Gasteiger partial charge in [0.2, 0.25) is 0 Å². The molecule has 0 aliphatic rings. The van der Waals surface area contributed by atoms with E-state index in [-0.39, 0.29) is 5.82 Å². The molecular weight excluding hydrogens is 356 g/mol. The van der Waals surface area contributed by atoms with Crippen LogP contribution in [0.2, 0.25) is 0 Å². The molecule has 0 spiro atoms. The van der Waals surface area contributed by atoms with Crippen LogP contribution in [0, 0.1) is 11.6 Å². The first-order chi connectivity index (χ1) is 9.29. The summed E-state index contributed by atoms with van der Waals surface area (Å²) in [6.45, 7) is 0. The molecule has 0 atom stereocenters. The zero-order valence-electron chi connectivity index (χ0n) is 9.77. The Morgan fingerprint density at radius 2 is 1.95 bits per heavy atom. The number of aromatic nitrogens is 1. The minimum Gasteiger partial charge on any atom is -0.397 e. The zero-order valence-corrected chi connectivity index (χ0v) is 12.2. The Morgan fingerprint density at radius 1 is 1.25 bits per heavy atom. The standard InChI is InChI=1S/C11H8BrF2N3O2S/c12-8-4-7(15)5-16-11(8)17-20(18,19)10-2-1-6(13)3-9(10)14/h1-5H,15H2,(H,16,17). The van der Waals surface area contributed by atoms with Crippen molar-refractivity contribution in [2.24, 2.45) is 0 Å². The van der Waals surface area contributed by atoms with Gasteiger partial charge in [-0.05, 0) is 34.1 Å². The Bertz CT molecular complexity index is 768. The van der Waals surface area contributed by atoms with E-state index in [0.29, 0.717) is 16.2 Å². The van der Waals surface area contributed by atoms with Crippen LogP contribution in [0.4, 0.5) is 20.3 Å². The second kappa shape index (κ2) is 5.33. The van der Waals surface area contributed by atoms with Crippen molar-refractivity contribution >= 4 is 37.5 Å². The van der Waals surface area contributed by atoms with Gasteiger partial charge in [0.25, 0.3) is 10.0 Å². The minimum absolute atomic E-state index is 0.0528. The summed E-state index contributed by atoms with van der Waals surface area (Å²) in [6.07, 6.45) is 1.24. The molecule has 3 N–H and O–H groups in total. The van der Waals surface area contributed by atoms with Crippen molar-refractivity contribution in [1.82, 2.24) is 4.98 Å². The van der Waals surface area contributed by atoms with Crippen molar-refractivity contribution in [3.63, 3.8) is 0 Å². The number of hydrogen-bond donors (Lipinski definition) is 2. The summed E-state index contributed by atoms with van der Waals surface area (Å²) in [6, 6.07) is 3.60. The van der Waals surface area contributed by atoms with E-state index in [9.17, 15) is 17.2 Å². The van der Waals surface area contributed by atoms with Gasteiger partial charge in [0, 0.05) is 6.07 Å². The number of halogens is 3. The van der Waals surface area contributed by atoms with Gasteiger partial charge in [-0.15, -0.1) is 0 Å². The van der Waals surface area contributed by atoms with Gasteiger partial charge in [0.15, 0.2) is 5.82 Å². The highest BCUT2D eigenvalue weighted by Crippen LogP contribution is 2.25. The van der Waals surface area contributed by atoms with Crippen LogP contribution in [0.1, 0.15) is 0 Å². The molecule has 0 unspecified atom stereocenters. The zero-order chi connectivity index (χ0) is 14.9. The number of nitrogens with two attached hydrogens (primary N) is 1. The van der Waals surface area contributed by atoms with Gasteiger partial charge in [-0.25, -0.2) is 22.2 Å². The van der Waals surface area contributed by atoms with Crippen molar-refractivity contribution in [2.45, 2.75) is 4.90 Å². The molecule has 0 aliphatic carbocycles. The molecule has 20 heavy (non-hydrogen) atoms. The molecular formula is C11H8BrF2N3O2S. The molecule has 0 amide bonds. The van der Waals surface area contributed by atoms with Crippen LogP contribution in [0.15, 0.2) is 39.8 Å². The maximum atomic E-state index is 13.5. The minimum atomic E-state index is -4.22. The molecule has 0 bridgehead atoms. The number of benzene rings is 1. The fourth-order valence-electron chi connectivity index (χ4n) is 1.40. The first-order valence-electron chi connectivity index (χ1n) is 5.18. The number of pyridine rings is 1. The molecule has 1 aromatic heterocycles. The van der Waals surface area contributed by atoms with Gasteiger partial charge in [-0.2, -0.15) is 0 Å². The van der Waals surface area contributed by atoms with E-state index in [1.165, 1.54) is 12.3 Å². The molecule has 0 aliphatic heterocycles. The third-order valence-electron chi connectivity index (χ3n) is 2.28. The maximum absolute atomic E-state index is 13.5. The molecule has 2 aromatic rings. The Hall–Kier alpha value is -1.74. The van der Waals surface area contributed by atoms with Crippen LogP contribution in [0.25, 0.3) is 0 Å². The average molecular weight is 364 g/mol. The average Bonchev–Trinajstić information content (AvgIpc) is 2.32. The number of nitrogens with zero attached hydrogens (tertiary/aromatic N) is 1. The van der Waals surface area contributed by atoms with Gasteiger partial charge in [0.1, 0.15) is 16.5 Å². The molecule has 2 rings (SSSR count). The number of anilines is 2. The van der Waals surface area contributed by atoms with Gasteiger partial charge in [0.05, 0.1) is 16.4 Å². The number of sulfonamides is 1. The first kappa shape index (κ1) is 14.7. The number of hydrogen-bond acceptors (Lipinski definition) is 4. The highest BCUT2D eigenvalue weighted by molar-refractivity contribution is 9.10. The lowest BCUT2D eigenvalue weighted by Crippen LogP contribution is -2.16. The molecule has 1 aromatic carbocycles. The van der Waals surface area contributed by atoms with E-state index in [1.807, 2.05) is 0 Å². The van der Waals surface area contributed by atoms with Crippen LogP contribution >= 0.6 is 15.9 Å². The second-order valence-electron chi connectivity index (χ2n) is 3.78. The topological polar surface area (TPSA) is 85.1 Å². The third kappa shape index (κ3) is 3.05. The Balaban J connectivity index is 2.41. The summed E-state index contributed by atoms with van der Waals surface area (Å²) in [5, 5.41) is 0. The van der Waals surface area contributed by atoms with Gasteiger partial charge >= 0.3 is 0 Å². The maximum Gasteiger partial charge on any atom is 0.266 e. The van der Waals surface area contributed by atoms with Gasteiger partial charge < -0.3 is 5.73 Å². The fraction of sp³-hybridized carbons (Fsp3) is 0. The fourth-order valence-corrected chi connectivity index (χ4v) is 3.09. The highest BCUT2D eigenvalue weighted by atomic mass is 79.9. The molecule has 0 saturated heterocycles. The van der Waals surface area contributed by atoms with Crippen LogP contribution in [-0.4, -0.2) is 13.4 Å². The lowest BCUT2D eigenvalue weighted by Gasteiger charge is -2.09. The number of rotatable bonds is 3. The van der Waals surface area contributed by atoms with Crippen LogP contribution < -0.4 is 10.5 Å². The summed E-state index contributed by atoms with van der Waals surface area (Å²) in [4.78, 5) is 3.10. The van der Waals surface area contributed by atoms with E-state index >= 15 is 0 Å². The third-order valence-corrected chi connectivity index (χ3v) is 4.25. The molecule has 1 heterocycles. The normalized spacial score (nSPS) is 11.3. The summed E-state index contributed by atoms with van der Waals surface area (Å²) < 4.78 is 52.7. The lowest BCUT2D eigenvalue weighted by atomic mass is 10.3. The lowest BCUT2D eigenvalue weighted by molar-refractivity contribution is 0.551. The van der Waals surface area contributed by atoms with Crippen LogP contribution in [-0.2, 0) is 10.0 Å². The number of nitrogen functional groups attached to an aromatic ring is 1. The Morgan fingerprint density at radius 3 is 2.55 bits per heavy atom. The van der Waals surface area contributed by atoms with Crippen molar-refractivity contribution in [3.05, 3.63) is 46.6 Å². The van der Waals surface area contributed by atoms with E-state index in [2.05, 4.69) is 25.6 Å². The first-order valence-corrected chi connectivity index (χ1v) is 7.46. The molecule has 0 fully saturated rings. The molecule has 0 radical (unpaired) electrons. The van der Waals surface area contributed by atoms with E-state index in [4.69, 9.17) is 5.73 Å². The highest BCUT2D eigenvalue weighted by Gasteiger charge is 2.21. The van der Waals surface area contributed by atoms with E-state index in [0.717, 1.165) is 12.1 Å². The Labute approximate surface area is 122 Å². The number of nitrogens with one attached hydrogen (secondary N) is 1. The smallest absolute Gasteiger partial charge is 0.266 e. The summed E-state index contributed by atoms with van der Waals surface area (Å²) in [5.41, 5.74) is 5.80. The predicted molar refractivity (Wildman–Crippen MR) is 73.5 cm³/mol. The van der Waals surface area contributed by atoms with Gasteiger partial charge in [-0.3, -0.25) is 4.72 Å². The van der Waals surface area contributed by atoms with Crippen molar-refractivity contribution in [3.8, 4) is 0 Å². The molecule has 5 nitrogen and oxygen atoms in total. The SMILES string of the molecule is Nc1cnc(NS(=O)(=O)c2ccc(F)cc2F)c(Br)c1. The quantitative estimate of drug-likeness (QED) is 0.877. The largest absolute Gasteiger partial charge is 0.397 e. The monoisotopic (exact) mass is 363 g/mol. The van der Waals surface area contributed by atoms with Gasteiger partial charge in [-0.1, -0.05) is 0 Å². The summed E-state index contributed by atoms with van der Waals surface area (Å²) in [5.74, 6) is -2.11. The van der Waals surface area contributed by atoms with Crippen molar-refractivity contribution in [2.75, 3.05) is 10.5 Å². The molecule has 9 heteroatoms. The van der Waals surface area contributed by atoms with E-state index in [1.54, 1.807) is 0 Å². The predicted octanol–water partition coefficient (Wildman–Crippen LogP) is 2.51. The summed E-state index contributed by atoms with van der Waals surface area (Å²) in [7, 11) is -4.22. The van der Waals surface area contributed by atoms with Crippen molar-refractivity contribution in [1.29, 1.82) is 0 Å². The summed E-state index contributed by atoms with van der Waals surface area (Å²) >= 11 is 3.08. The second-order valence-corrected chi connectivity index (χ2v) is 6.28. The van der Waals surface area contributed by atoms with Crippen LogP contribution in [0.5, 0.6) is 0 Å². The van der Waals surface area contributed by atoms with E-state index < -0.39 is 26.6 Å². The molecule has 106 valence electrons. The van der Waals surface area contributed by atoms with Crippen LogP contribution in [0.3, 0.4) is 0 Å². The Kier molecular flexibility index (Phi) is 3.91. The van der Waals surface area contributed by atoms with Crippen molar-refractivity contribution < 1.29 is 17.2 Å².